The molecule has 0 spiro atoms. The van der Waals surface area contributed by atoms with Crippen molar-refractivity contribution in [2.45, 2.75) is 72.3 Å². The van der Waals surface area contributed by atoms with Crippen LogP contribution in [0.1, 0.15) is 70.4 Å². The molecule has 2 heteroatoms. The summed E-state index contributed by atoms with van der Waals surface area (Å²) < 4.78 is 6.10. The van der Waals surface area contributed by atoms with E-state index in [-0.39, 0.29) is 0 Å². The Kier molecular flexibility index (Phi) is 10.3. The minimum atomic E-state index is 0.400. The zero-order chi connectivity index (χ0) is 18.7. The predicted molar refractivity (Wildman–Crippen MR) is 110 cm³/mol. The molecule has 1 aromatic carbocycles. The lowest BCUT2D eigenvalue weighted by molar-refractivity contribution is 0.0409. The molecule has 1 rings (SSSR count). The second-order valence-electron chi connectivity index (χ2n) is 7.29. The molecule has 140 valence electrons. The van der Waals surface area contributed by atoms with Crippen LogP contribution in [0.3, 0.4) is 0 Å². The highest BCUT2D eigenvalue weighted by Gasteiger charge is 2.10. The van der Waals surface area contributed by atoms with E-state index in [1.807, 2.05) is 0 Å². The fourth-order valence-corrected chi connectivity index (χ4v) is 3.10. The third-order valence-corrected chi connectivity index (χ3v) is 4.78. The van der Waals surface area contributed by atoms with Crippen LogP contribution >= 0.6 is 0 Å². The van der Waals surface area contributed by atoms with E-state index in [9.17, 15) is 0 Å². The third-order valence-electron chi connectivity index (χ3n) is 4.78. The van der Waals surface area contributed by atoms with E-state index in [0.717, 1.165) is 30.9 Å². The summed E-state index contributed by atoms with van der Waals surface area (Å²) in [5, 5.41) is 0. The number of nitrogens with zero attached hydrogens (tertiary/aromatic N) is 1. The fourth-order valence-electron chi connectivity index (χ4n) is 3.10. The van der Waals surface area contributed by atoms with Gasteiger partial charge < -0.3 is 9.64 Å². The molecule has 0 heterocycles. The Balaban J connectivity index is 2.52. The molecule has 0 N–H and O–H groups in total. The van der Waals surface area contributed by atoms with Crippen molar-refractivity contribution in [1.29, 1.82) is 0 Å². The van der Waals surface area contributed by atoms with Crippen LogP contribution in [0.15, 0.2) is 18.2 Å². The Morgan fingerprint density at radius 3 is 2.52 bits per heavy atom. The lowest BCUT2D eigenvalue weighted by Crippen LogP contribution is -2.15. The number of aryl methyl sites for hydroxylation is 1. The van der Waals surface area contributed by atoms with Crippen LogP contribution in [-0.4, -0.2) is 26.8 Å². The van der Waals surface area contributed by atoms with Gasteiger partial charge in [-0.15, -0.1) is 0 Å². The van der Waals surface area contributed by atoms with Gasteiger partial charge in [-0.05, 0) is 43.7 Å². The summed E-state index contributed by atoms with van der Waals surface area (Å²) in [6.07, 6.45) is 7.25. The maximum absolute atomic E-state index is 6.10. The molecule has 0 aromatic heterocycles. The lowest BCUT2D eigenvalue weighted by Gasteiger charge is -2.18. The Bertz CT molecular complexity index is 553. The molecule has 0 saturated heterocycles. The lowest BCUT2D eigenvalue weighted by atomic mass is 9.99. The minimum Gasteiger partial charge on any atom is -0.377 e. The number of anilines is 1. The van der Waals surface area contributed by atoms with Crippen molar-refractivity contribution in [3.63, 3.8) is 0 Å². The van der Waals surface area contributed by atoms with Gasteiger partial charge in [-0.2, -0.15) is 0 Å². The average Bonchev–Trinajstić information content (AvgIpc) is 2.58. The molecule has 2 unspecified atom stereocenters. The first kappa shape index (κ1) is 21.6. The topological polar surface area (TPSA) is 12.5 Å². The number of benzene rings is 1. The molecular formula is C23H37NO. The monoisotopic (exact) mass is 343 g/mol. The minimum absolute atomic E-state index is 0.400. The highest BCUT2D eigenvalue weighted by Crippen LogP contribution is 2.22. The van der Waals surface area contributed by atoms with Crippen molar-refractivity contribution in [2.75, 3.05) is 25.6 Å². The number of rotatable bonds is 10. The molecule has 0 radical (unpaired) electrons. The van der Waals surface area contributed by atoms with Crippen LogP contribution in [0.5, 0.6) is 0 Å². The zero-order valence-electron chi connectivity index (χ0n) is 17.2. The summed E-state index contributed by atoms with van der Waals surface area (Å²) in [5.74, 6) is 7.42. The van der Waals surface area contributed by atoms with Gasteiger partial charge in [0.25, 0.3) is 0 Å². The smallest absolute Gasteiger partial charge is 0.0579 e. The van der Waals surface area contributed by atoms with Crippen LogP contribution < -0.4 is 4.90 Å². The Morgan fingerprint density at radius 1 is 1.12 bits per heavy atom. The number of hydrogen-bond acceptors (Lipinski definition) is 2. The van der Waals surface area contributed by atoms with Gasteiger partial charge >= 0.3 is 0 Å². The fraction of sp³-hybridized carbons (Fsp3) is 0.652. The quantitative estimate of drug-likeness (QED) is 0.392. The van der Waals surface area contributed by atoms with Gasteiger partial charge in [-0.1, -0.05) is 57.6 Å². The van der Waals surface area contributed by atoms with Gasteiger partial charge in [-0.3, -0.25) is 0 Å². The van der Waals surface area contributed by atoms with Gasteiger partial charge in [0.15, 0.2) is 0 Å². The van der Waals surface area contributed by atoms with Gasteiger partial charge in [0.1, 0.15) is 0 Å². The summed E-state index contributed by atoms with van der Waals surface area (Å²) in [5.41, 5.74) is 3.58. The Morgan fingerprint density at radius 2 is 1.88 bits per heavy atom. The maximum Gasteiger partial charge on any atom is 0.0579 e. The molecule has 0 aliphatic carbocycles. The standard InChI is InChI=1S/C23H37NO/c1-7-12-22(17-16-19(3)8-2)25-18-10-9-14-21-15-11-13-20(4)23(21)24(5)6/h11,13,15,19,22H,7-8,10,12,16-18H2,1-6H3. The van der Waals surface area contributed by atoms with Crippen LogP contribution in [-0.2, 0) is 4.74 Å². The number of para-hydroxylation sites is 1. The highest BCUT2D eigenvalue weighted by atomic mass is 16.5. The predicted octanol–water partition coefficient (Wildman–Crippen LogP) is 5.81. The first-order valence-corrected chi connectivity index (χ1v) is 9.86. The molecule has 0 aliphatic heterocycles. The van der Waals surface area contributed by atoms with E-state index in [4.69, 9.17) is 4.74 Å². The molecule has 0 fully saturated rings. The van der Waals surface area contributed by atoms with Crippen molar-refractivity contribution >= 4 is 5.69 Å². The summed E-state index contributed by atoms with van der Waals surface area (Å²) in [7, 11) is 4.15. The zero-order valence-corrected chi connectivity index (χ0v) is 17.2. The summed E-state index contributed by atoms with van der Waals surface area (Å²) in [6.45, 7) is 9.71. The van der Waals surface area contributed by atoms with Gasteiger partial charge in [0.2, 0.25) is 0 Å². The number of hydrogen-bond donors (Lipinski definition) is 0. The van der Waals surface area contributed by atoms with Gasteiger partial charge in [0.05, 0.1) is 18.4 Å². The normalized spacial score (nSPS) is 13.0. The Labute approximate surface area is 156 Å². The molecule has 2 nitrogen and oxygen atoms in total. The largest absolute Gasteiger partial charge is 0.377 e. The maximum atomic E-state index is 6.10. The van der Waals surface area contributed by atoms with Crippen molar-refractivity contribution in [2.24, 2.45) is 5.92 Å². The second kappa shape index (κ2) is 12.0. The van der Waals surface area contributed by atoms with E-state index in [1.165, 1.54) is 36.9 Å². The first-order valence-electron chi connectivity index (χ1n) is 9.86. The van der Waals surface area contributed by atoms with E-state index in [0.29, 0.717) is 6.10 Å². The van der Waals surface area contributed by atoms with E-state index in [2.05, 4.69) is 76.7 Å². The Hall–Kier alpha value is -1.46. The molecule has 2 atom stereocenters. The highest BCUT2D eigenvalue weighted by molar-refractivity contribution is 5.64. The molecule has 0 amide bonds. The van der Waals surface area contributed by atoms with Crippen molar-refractivity contribution < 1.29 is 4.74 Å². The van der Waals surface area contributed by atoms with Crippen molar-refractivity contribution in [3.05, 3.63) is 29.3 Å². The molecule has 0 aliphatic rings. The van der Waals surface area contributed by atoms with Gasteiger partial charge in [0, 0.05) is 26.1 Å². The summed E-state index contributed by atoms with van der Waals surface area (Å²) >= 11 is 0. The van der Waals surface area contributed by atoms with E-state index >= 15 is 0 Å². The molecule has 0 saturated carbocycles. The first-order chi connectivity index (χ1) is 12.0. The number of ether oxygens (including phenoxy) is 1. The van der Waals surface area contributed by atoms with Gasteiger partial charge in [-0.25, -0.2) is 0 Å². The average molecular weight is 344 g/mol. The van der Waals surface area contributed by atoms with Crippen LogP contribution in [0.4, 0.5) is 5.69 Å². The third kappa shape index (κ3) is 7.97. The summed E-state index contributed by atoms with van der Waals surface area (Å²) in [6, 6.07) is 6.31. The van der Waals surface area contributed by atoms with Crippen LogP contribution in [0.2, 0.25) is 0 Å². The van der Waals surface area contributed by atoms with E-state index < -0.39 is 0 Å². The molecule has 0 bridgehead atoms. The molecular weight excluding hydrogens is 306 g/mol. The van der Waals surface area contributed by atoms with Crippen LogP contribution in [0.25, 0.3) is 0 Å². The van der Waals surface area contributed by atoms with Crippen LogP contribution in [0, 0.1) is 24.7 Å². The molecule has 1 aromatic rings. The second-order valence-corrected chi connectivity index (χ2v) is 7.29. The SMILES string of the molecule is CCCC(CCC(C)CC)OCCC#Cc1cccc(C)c1N(C)C. The summed E-state index contributed by atoms with van der Waals surface area (Å²) in [4.78, 5) is 2.14. The van der Waals surface area contributed by atoms with E-state index in [1.54, 1.807) is 0 Å². The molecule has 25 heavy (non-hydrogen) atoms. The van der Waals surface area contributed by atoms with Crippen molar-refractivity contribution in [1.82, 2.24) is 0 Å². The van der Waals surface area contributed by atoms with Crippen molar-refractivity contribution in [3.8, 4) is 11.8 Å².